The van der Waals surface area contributed by atoms with E-state index in [-0.39, 0.29) is 30.0 Å². The van der Waals surface area contributed by atoms with Crippen molar-refractivity contribution < 1.29 is 40.6 Å². The van der Waals surface area contributed by atoms with Crippen molar-refractivity contribution in [3.8, 4) is 0 Å². The zero-order chi connectivity index (χ0) is 19.4. The van der Waals surface area contributed by atoms with Crippen LogP contribution in [-0.2, 0) is 4.79 Å². The third-order valence-corrected chi connectivity index (χ3v) is 4.53. The summed E-state index contributed by atoms with van der Waals surface area (Å²) in [5.41, 5.74) is -4.25. The molecule has 2 rings (SSSR count). The Kier molecular flexibility index (Phi) is 4.64. The molecule has 2 aliphatic rings. The molecule has 1 aliphatic heterocycles. The van der Waals surface area contributed by atoms with E-state index in [0.717, 1.165) is 0 Å². The maximum absolute atomic E-state index is 14.4. The first kappa shape index (κ1) is 19.9. The molecular formula is C14H17F7N2O2. The molecule has 1 N–H and O–H groups in total. The highest BCUT2D eigenvalue weighted by atomic mass is 19.4. The number of halogens is 7. The average Bonchev–Trinajstić information content (AvgIpc) is 2.80. The zero-order valence-corrected chi connectivity index (χ0v) is 13.4. The van der Waals surface area contributed by atoms with E-state index in [0.29, 0.717) is 6.42 Å². The number of hydrogen-bond donors (Lipinski definition) is 1. The van der Waals surface area contributed by atoms with Crippen molar-refractivity contribution in [2.24, 2.45) is 16.9 Å². The lowest BCUT2D eigenvalue weighted by Gasteiger charge is -2.45. The van der Waals surface area contributed by atoms with E-state index < -0.39 is 41.5 Å². The van der Waals surface area contributed by atoms with Crippen molar-refractivity contribution in [2.45, 2.75) is 63.3 Å². The Balaban J connectivity index is 2.62. The minimum Gasteiger partial charge on any atom is -0.364 e. The SMILES string of the molecule is CC(C)C(=O)N1N=C2CCCC[C@@H]2[C@]1(O)C(F)(F)C(F)(F)C(F)(F)F. The third kappa shape index (κ3) is 2.61. The van der Waals surface area contributed by atoms with Crippen LogP contribution in [0.2, 0.25) is 0 Å². The second-order valence-electron chi connectivity index (χ2n) is 6.57. The fraction of sp³-hybridized carbons (Fsp3) is 0.857. The van der Waals surface area contributed by atoms with Gasteiger partial charge in [-0.05, 0) is 19.3 Å². The number of nitrogens with zero attached hydrogens (tertiary/aromatic N) is 2. The monoisotopic (exact) mass is 378 g/mol. The normalized spacial score (nSPS) is 28.2. The molecule has 1 aliphatic carbocycles. The lowest BCUT2D eigenvalue weighted by molar-refractivity contribution is -0.407. The summed E-state index contributed by atoms with van der Waals surface area (Å²) < 4.78 is 93.8. The van der Waals surface area contributed by atoms with Crippen LogP contribution < -0.4 is 0 Å². The van der Waals surface area contributed by atoms with Crippen molar-refractivity contribution >= 4 is 11.6 Å². The van der Waals surface area contributed by atoms with Crippen molar-refractivity contribution in [2.75, 3.05) is 0 Å². The van der Waals surface area contributed by atoms with Crippen LogP contribution in [0.3, 0.4) is 0 Å². The Morgan fingerprint density at radius 2 is 1.76 bits per heavy atom. The average molecular weight is 378 g/mol. The Morgan fingerprint density at radius 3 is 2.24 bits per heavy atom. The summed E-state index contributed by atoms with van der Waals surface area (Å²) in [6.45, 7) is 2.45. The van der Waals surface area contributed by atoms with Gasteiger partial charge < -0.3 is 5.11 Å². The number of amides is 1. The number of rotatable bonds is 3. The van der Waals surface area contributed by atoms with Crippen LogP contribution in [0.1, 0.15) is 39.5 Å². The number of hydrogen-bond acceptors (Lipinski definition) is 3. The van der Waals surface area contributed by atoms with E-state index in [1.54, 1.807) is 0 Å². The molecule has 0 radical (unpaired) electrons. The Labute approximate surface area is 138 Å². The molecule has 1 heterocycles. The van der Waals surface area contributed by atoms with Crippen LogP contribution in [0.25, 0.3) is 0 Å². The molecule has 4 nitrogen and oxygen atoms in total. The van der Waals surface area contributed by atoms with Crippen LogP contribution in [0.15, 0.2) is 5.10 Å². The lowest BCUT2D eigenvalue weighted by atomic mass is 9.76. The van der Waals surface area contributed by atoms with Gasteiger partial charge in [0.25, 0.3) is 0 Å². The summed E-state index contributed by atoms with van der Waals surface area (Å²) in [7, 11) is 0. The van der Waals surface area contributed by atoms with E-state index in [9.17, 15) is 40.6 Å². The van der Waals surface area contributed by atoms with Crippen LogP contribution in [0, 0.1) is 11.8 Å². The first-order chi connectivity index (χ1) is 11.2. The highest BCUT2D eigenvalue weighted by Gasteiger charge is 2.84. The highest BCUT2D eigenvalue weighted by Crippen LogP contribution is 2.57. The van der Waals surface area contributed by atoms with Gasteiger partial charge in [-0.2, -0.15) is 40.8 Å². The van der Waals surface area contributed by atoms with Crippen LogP contribution in [0.4, 0.5) is 30.7 Å². The topological polar surface area (TPSA) is 52.9 Å². The summed E-state index contributed by atoms with van der Waals surface area (Å²) >= 11 is 0. The van der Waals surface area contributed by atoms with Gasteiger partial charge in [0.1, 0.15) is 0 Å². The van der Waals surface area contributed by atoms with Crippen molar-refractivity contribution in [3.63, 3.8) is 0 Å². The van der Waals surface area contributed by atoms with Gasteiger partial charge in [0.15, 0.2) is 0 Å². The number of carbonyl (C=O) groups is 1. The smallest absolute Gasteiger partial charge is 0.364 e. The first-order valence-corrected chi connectivity index (χ1v) is 7.65. The molecule has 11 heteroatoms. The first-order valence-electron chi connectivity index (χ1n) is 7.65. The maximum atomic E-state index is 14.4. The van der Waals surface area contributed by atoms with E-state index in [2.05, 4.69) is 5.10 Å². The van der Waals surface area contributed by atoms with Crippen LogP contribution >= 0.6 is 0 Å². The molecule has 0 bridgehead atoms. The summed E-state index contributed by atoms with van der Waals surface area (Å²) in [6, 6.07) is 0. The third-order valence-electron chi connectivity index (χ3n) is 4.53. The van der Waals surface area contributed by atoms with Gasteiger partial charge in [0, 0.05) is 11.6 Å². The van der Waals surface area contributed by atoms with Gasteiger partial charge >= 0.3 is 18.0 Å². The fourth-order valence-corrected chi connectivity index (χ4v) is 3.12. The maximum Gasteiger partial charge on any atom is 0.460 e. The van der Waals surface area contributed by atoms with Gasteiger partial charge in [-0.25, -0.2) is 0 Å². The molecule has 1 amide bonds. The molecule has 0 spiro atoms. The van der Waals surface area contributed by atoms with E-state index in [4.69, 9.17) is 0 Å². The summed E-state index contributed by atoms with van der Waals surface area (Å²) in [6.07, 6.45) is -6.20. The summed E-state index contributed by atoms with van der Waals surface area (Å²) in [5, 5.41) is 13.7. The second kappa shape index (κ2) is 5.82. The molecule has 1 fully saturated rings. The number of aliphatic hydroxyl groups is 1. The predicted octanol–water partition coefficient (Wildman–Crippen LogP) is 3.55. The minimum atomic E-state index is -6.61. The molecular weight excluding hydrogens is 361 g/mol. The number of carbonyl (C=O) groups excluding carboxylic acids is 1. The molecule has 25 heavy (non-hydrogen) atoms. The fourth-order valence-electron chi connectivity index (χ4n) is 3.12. The van der Waals surface area contributed by atoms with Gasteiger partial charge in [0.05, 0.1) is 5.92 Å². The molecule has 0 aromatic rings. The highest BCUT2D eigenvalue weighted by molar-refractivity contribution is 5.93. The van der Waals surface area contributed by atoms with Crippen molar-refractivity contribution in [1.29, 1.82) is 0 Å². The number of fused-ring (bicyclic) bond motifs is 1. The number of hydrazone groups is 1. The Bertz CT molecular complexity index is 588. The summed E-state index contributed by atoms with van der Waals surface area (Å²) in [5.74, 6) is -16.6. The second-order valence-corrected chi connectivity index (χ2v) is 6.57. The molecule has 0 saturated heterocycles. The number of alkyl halides is 7. The lowest BCUT2D eigenvalue weighted by Crippen LogP contribution is -2.72. The van der Waals surface area contributed by atoms with Gasteiger partial charge in [0.2, 0.25) is 11.6 Å². The van der Waals surface area contributed by atoms with Crippen molar-refractivity contribution in [3.05, 3.63) is 0 Å². The molecule has 0 aromatic heterocycles. The molecule has 144 valence electrons. The summed E-state index contributed by atoms with van der Waals surface area (Å²) in [4.78, 5) is 12.1. The Morgan fingerprint density at radius 1 is 1.20 bits per heavy atom. The van der Waals surface area contributed by atoms with E-state index >= 15 is 0 Å². The van der Waals surface area contributed by atoms with Gasteiger partial charge in [-0.15, -0.1) is 0 Å². The van der Waals surface area contributed by atoms with Gasteiger partial charge in [-0.1, -0.05) is 20.3 Å². The molecule has 2 atom stereocenters. The molecule has 0 unspecified atom stereocenters. The zero-order valence-electron chi connectivity index (χ0n) is 13.4. The minimum absolute atomic E-state index is 0.0303. The van der Waals surface area contributed by atoms with Gasteiger partial charge in [-0.3, -0.25) is 4.79 Å². The van der Waals surface area contributed by atoms with Crippen LogP contribution in [-0.4, -0.2) is 45.5 Å². The van der Waals surface area contributed by atoms with E-state index in [1.807, 2.05) is 0 Å². The van der Waals surface area contributed by atoms with Crippen LogP contribution in [0.5, 0.6) is 0 Å². The molecule has 1 saturated carbocycles. The largest absolute Gasteiger partial charge is 0.460 e. The standard InChI is InChI=1S/C14H17F7N2O2/c1-7(2)10(24)23-11(25,8-5-3-4-6-9(8)22-23)12(15,16)13(17,18)14(19,20)21/h7-8,25H,3-6H2,1-2H3/t8-,11-/m0/s1. The van der Waals surface area contributed by atoms with Crippen molar-refractivity contribution in [1.82, 2.24) is 5.01 Å². The molecule has 0 aromatic carbocycles. The quantitative estimate of drug-likeness (QED) is 0.764. The Hall–Kier alpha value is -1.39. The predicted molar refractivity (Wildman–Crippen MR) is 72.0 cm³/mol. The van der Waals surface area contributed by atoms with E-state index in [1.165, 1.54) is 13.8 Å².